The lowest BCUT2D eigenvalue weighted by Gasteiger charge is -2.19. The Morgan fingerprint density at radius 3 is 2.77 bits per heavy atom. The van der Waals surface area contributed by atoms with Gasteiger partial charge in [-0.25, -0.2) is 4.68 Å². The van der Waals surface area contributed by atoms with Crippen molar-refractivity contribution in [3.05, 3.63) is 52.4 Å². The topological polar surface area (TPSA) is 93.5 Å². The number of carbonyl (C=O) groups is 2. The van der Waals surface area contributed by atoms with Gasteiger partial charge in [-0.15, -0.1) is 0 Å². The van der Waals surface area contributed by atoms with E-state index in [1.807, 2.05) is 6.07 Å². The first-order valence-electron chi connectivity index (χ1n) is 8.38. The Morgan fingerprint density at radius 1 is 1.23 bits per heavy atom. The van der Waals surface area contributed by atoms with Gasteiger partial charge in [-0.05, 0) is 24.6 Å². The van der Waals surface area contributed by atoms with Crippen molar-refractivity contribution in [1.82, 2.24) is 9.78 Å². The summed E-state index contributed by atoms with van der Waals surface area (Å²) in [7, 11) is 1.53. The Balaban J connectivity index is 1.83. The van der Waals surface area contributed by atoms with Gasteiger partial charge in [0.25, 0.3) is 11.5 Å². The minimum atomic E-state index is -0.449. The fourth-order valence-corrected chi connectivity index (χ4v) is 2.81. The van der Waals surface area contributed by atoms with E-state index in [1.54, 1.807) is 23.1 Å². The highest BCUT2D eigenvalue weighted by Gasteiger charge is 2.24. The number of nitrogens with zero attached hydrogens (tertiary/aromatic N) is 3. The van der Waals surface area contributed by atoms with Crippen molar-refractivity contribution in [1.29, 1.82) is 0 Å². The molecule has 26 heavy (non-hydrogen) atoms. The highest BCUT2D eigenvalue weighted by molar-refractivity contribution is 6.07. The molecule has 1 aliphatic rings. The minimum absolute atomic E-state index is 0.0398. The van der Waals surface area contributed by atoms with Crippen molar-refractivity contribution in [2.75, 3.05) is 30.5 Å². The third-order valence-electron chi connectivity index (χ3n) is 4.12. The molecule has 136 valence electrons. The van der Waals surface area contributed by atoms with Crippen LogP contribution in [0.15, 0.2) is 41.2 Å². The van der Waals surface area contributed by atoms with Gasteiger partial charge in [-0.1, -0.05) is 12.1 Å². The summed E-state index contributed by atoms with van der Waals surface area (Å²) >= 11 is 0. The number of hydrogen-bond donors (Lipinski definition) is 1. The van der Waals surface area contributed by atoms with Crippen LogP contribution < -0.4 is 15.8 Å². The van der Waals surface area contributed by atoms with Crippen molar-refractivity contribution in [2.45, 2.75) is 19.4 Å². The summed E-state index contributed by atoms with van der Waals surface area (Å²) in [5, 5.41) is 6.86. The van der Waals surface area contributed by atoms with E-state index in [0.717, 1.165) is 6.42 Å². The lowest BCUT2D eigenvalue weighted by Crippen LogP contribution is -2.28. The summed E-state index contributed by atoms with van der Waals surface area (Å²) in [6.45, 7) is 1.21. The Bertz CT molecular complexity index is 877. The van der Waals surface area contributed by atoms with Crippen molar-refractivity contribution < 1.29 is 14.3 Å². The van der Waals surface area contributed by atoms with Gasteiger partial charge < -0.3 is 15.0 Å². The van der Waals surface area contributed by atoms with Crippen molar-refractivity contribution in [2.24, 2.45) is 0 Å². The lowest BCUT2D eigenvalue weighted by molar-refractivity contribution is -0.117. The van der Waals surface area contributed by atoms with Crippen LogP contribution in [-0.4, -0.2) is 41.9 Å². The Kier molecular flexibility index (Phi) is 5.43. The van der Waals surface area contributed by atoms with Crippen LogP contribution in [0.1, 0.15) is 23.3 Å². The smallest absolute Gasteiger partial charge is 0.276 e. The van der Waals surface area contributed by atoms with E-state index in [1.165, 1.54) is 23.9 Å². The van der Waals surface area contributed by atoms with Crippen LogP contribution in [0.5, 0.6) is 0 Å². The second-order valence-electron chi connectivity index (χ2n) is 5.89. The molecular weight excluding hydrogens is 336 g/mol. The Morgan fingerprint density at radius 2 is 2.04 bits per heavy atom. The number of nitrogens with one attached hydrogen (secondary N) is 1. The monoisotopic (exact) mass is 356 g/mol. The zero-order valence-electron chi connectivity index (χ0n) is 14.5. The number of carbonyl (C=O) groups excluding carboxylic acids is 2. The summed E-state index contributed by atoms with van der Waals surface area (Å²) in [5.41, 5.74) is 1.00. The van der Waals surface area contributed by atoms with Crippen LogP contribution in [0, 0.1) is 0 Å². The van der Waals surface area contributed by atoms with Crippen LogP contribution in [0.3, 0.4) is 0 Å². The third kappa shape index (κ3) is 3.80. The standard InChI is InChI=1S/C18H20N4O4/c1-26-12-11-22-17(24)9-8-14(20-22)18(25)19-13-5-2-3-6-15(13)21-10-4-7-16(21)23/h2-3,5-6,8-9H,4,7,10-12H2,1H3,(H,19,25). The van der Waals surface area contributed by atoms with Crippen LogP contribution in [0.25, 0.3) is 0 Å². The second-order valence-corrected chi connectivity index (χ2v) is 5.89. The number of ether oxygens (including phenoxy) is 1. The zero-order chi connectivity index (χ0) is 18.5. The maximum atomic E-state index is 12.6. The molecule has 8 heteroatoms. The number of benzene rings is 1. The highest BCUT2D eigenvalue weighted by Crippen LogP contribution is 2.29. The van der Waals surface area contributed by atoms with Crippen LogP contribution in [0.4, 0.5) is 11.4 Å². The van der Waals surface area contributed by atoms with Crippen LogP contribution >= 0.6 is 0 Å². The predicted molar refractivity (Wildman–Crippen MR) is 96.4 cm³/mol. The van der Waals surface area contributed by atoms with E-state index in [2.05, 4.69) is 10.4 Å². The minimum Gasteiger partial charge on any atom is -0.383 e. The van der Waals surface area contributed by atoms with Crippen LogP contribution in [-0.2, 0) is 16.1 Å². The molecule has 3 rings (SSSR count). The molecule has 8 nitrogen and oxygen atoms in total. The molecular formula is C18H20N4O4. The van der Waals surface area contributed by atoms with Gasteiger partial charge in [0, 0.05) is 26.1 Å². The normalized spacial score (nSPS) is 13.9. The average molecular weight is 356 g/mol. The quantitative estimate of drug-likeness (QED) is 0.841. The van der Waals surface area contributed by atoms with E-state index < -0.39 is 5.91 Å². The first-order chi connectivity index (χ1) is 12.6. The summed E-state index contributed by atoms with van der Waals surface area (Å²) in [6.07, 6.45) is 1.31. The first-order valence-corrected chi connectivity index (χ1v) is 8.38. The molecule has 2 heterocycles. The van der Waals surface area contributed by atoms with Gasteiger partial charge in [0.1, 0.15) is 5.69 Å². The molecule has 1 N–H and O–H groups in total. The third-order valence-corrected chi connectivity index (χ3v) is 4.12. The lowest BCUT2D eigenvalue weighted by atomic mass is 10.2. The SMILES string of the molecule is COCCn1nc(C(=O)Nc2ccccc2N2CCCC2=O)ccc1=O. The maximum Gasteiger partial charge on any atom is 0.276 e. The molecule has 0 spiro atoms. The predicted octanol–water partition coefficient (Wildman–Crippen LogP) is 1.27. The molecule has 1 aromatic heterocycles. The summed E-state index contributed by atoms with van der Waals surface area (Å²) in [5.74, 6) is -0.409. The molecule has 1 aromatic carbocycles. The molecule has 0 saturated carbocycles. The van der Waals surface area contributed by atoms with E-state index in [0.29, 0.717) is 30.9 Å². The number of anilines is 2. The molecule has 0 bridgehead atoms. The second kappa shape index (κ2) is 7.92. The van der Waals surface area contributed by atoms with E-state index in [-0.39, 0.29) is 23.7 Å². The fraction of sp³-hybridized carbons (Fsp3) is 0.333. The summed E-state index contributed by atoms with van der Waals surface area (Å²) in [6, 6.07) is 9.82. The molecule has 2 aromatic rings. The Hall–Kier alpha value is -3.00. The largest absolute Gasteiger partial charge is 0.383 e. The number of para-hydroxylation sites is 2. The van der Waals surface area contributed by atoms with Crippen molar-refractivity contribution >= 4 is 23.2 Å². The maximum absolute atomic E-state index is 12.6. The van der Waals surface area contributed by atoms with Crippen LogP contribution in [0.2, 0.25) is 0 Å². The fourth-order valence-electron chi connectivity index (χ4n) is 2.81. The van der Waals surface area contributed by atoms with Gasteiger partial charge in [-0.2, -0.15) is 5.10 Å². The molecule has 0 unspecified atom stereocenters. The molecule has 2 amide bonds. The number of rotatable bonds is 6. The molecule has 0 radical (unpaired) electrons. The van der Waals surface area contributed by atoms with E-state index in [4.69, 9.17) is 4.74 Å². The molecule has 1 saturated heterocycles. The number of aromatic nitrogens is 2. The van der Waals surface area contributed by atoms with E-state index in [9.17, 15) is 14.4 Å². The van der Waals surface area contributed by atoms with Gasteiger partial charge in [0.15, 0.2) is 0 Å². The summed E-state index contributed by atoms with van der Waals surface area (Å²) < 4.78 is 6.13. The van der Waals surface area contributed by atoms with Gasteiger partial charge >= 0.3 is 0 Å². The average Bonchev–Trinajstić information content (AvgIpc) is 3.07. The highest BCUT2D eigenvalue weighted by atomic mass is 16.5. The molecule has 0 atom stereocenters. The zero-order valence-corrected chi connectivity index (χ0v) is 14.5. The van der Waals surface area contributed by atoms with Gasteiger partial charge in [0.2, 0.25) is 5.91 Å². The van der Waals surface area contributed by atoms with Gasteiger partial charge in [0.05, 0.1) is 24.5 Å². The molecule has 0 aliphatic carbocycles. The van der Waals surface area contributed by atoms with Gasteiger partial charge in [-0.3, -0.25) is 14.4 Å². The number of hydrogen-bond acceptors (Lipinski definition) is 5. The summed E-state index contributed by atoms with van der Waals surface area (Å²) in [4.78, 5) is 38.1. The Labute approximate surface area is 150 Å². The molecule has 1 aliphatic heterocycles. The van der Waals surface area contributed by atoms with Crippen molar-refractivity contribution in [3.8, 4) is 0 Å². The first kappa shape index (κ1) is 17.8. The number of amides is 2. The number of methoxy groups -OCH3 is 1. The van der Waals surface area contributed by atoms with Crippen molar-refractivity contribution in [3.63, 3.8) is 0 Å². The van der Waals surface area contributed by atoms with E-state index >= 15 is 0 Å². The molecule has 1 fully saturated rings.